The molecule has 2 heterocycles. The smallest absolute Gasteiger partial charge is 0.157 e. The number of morpholine rings is 1. The lowest BCUT2D eigenvalue weighted by atomic mass is 10.1. The van der Waals surface area contributed by atoms with Crippen LogP contribution < -0.4 is 10.2 Å². The Hall–Kier alpha value is -1.63. The molecule has 1 fully saturated rings. The molecule has 1 atom stereocenters. The molecule has 1 unspecified atom stereocenters. The van der Waals surface area contributed by atoms with E-state index in [1.54, 1.807) is 13.1 Å². The Balaban J connectivity index is 1.88. The molecule has 0 bridgehead atoms. The molecule has 0 saturated carbocycles. The van der Waals surface area contributed by atoms with Gasteiger partial charge in [-0.3, -0.25) is 0 Å². The van der Waals surface area contributed by atoms with Crippen LogP contribution in [0.25, 0.3) is 0 Å². The summed E-state index contributed by atoms with van der Waals surface area (Å²) in [7, 11) is 1.77. The van der Waals surface area contributed by atoms with Gasteiger partial charge < -0.3 is 15.0 Å². The number of halogens is 3. The van der Waals surface area contributed by atoms with Gasteiger partial charge in [0.25, 0.3) is 0 Å². The molecule has 1 aliphatic heterocycles. The van der Waals surface area contributed by atoms with E-state index in [1.807, 2.05) is 4.90 Å². The van der Waals surface area contributed by atoms with Crippen molar-refractivity contribution in [1.29, 1.82) is 0 Å². The maximum absolute atomic E-state index is 13.2. The fourth-order valence-electron chi connectivity index (χ4n) is 2.60. The van der Waals surface area contributed by atoms with Crippen LogP contribution in [0.15, 0.2) is 24.5 Å². The van der Waals surface area contributed by atoms with Gasteiger partial charge >= 0.3 is 0 Å². The summed E-state index contributed by atoms with van der Waals surface area (Å²) < 4.78 is 19.0. The molecule has 1 N–H and O–H groups in total. The lowest BCUT2D eigenvalue weighted by Crippen LogP contribution is -2.39. The predicted molar refractivity (Wildman–Crippen MR) is 88.9 cm³/mol. The van der Waals surface area contributed by atoms with Gasteiger partial charge in [-0.1, -0.05) is 29.3 Å². The van der Waals surface area contributed by atoms with E-state index >= 15 is 0 Å². The molecule has 3 rings (SSSR count). The molecule has 5 nitrogen and oxygen atoms in total. The quantitative estimate of drug-likeness (QED) is 0.852. The Bertz CT molecular complexity index is 716. The van der Waals surface area contributed by atoms with Crippen molar-refractivity contribution >= 4 is 34.7 Å². The zero-order valence-corrected chi connectivity index (χ0v) is 13.9. The van der Waals surface area contributed by atoms with Crippen molar-refractivity contribution in [2.75, 3.05) is 37.0 Å². The minimum Gasteiger partial charge on any atom is -0.383 e. The third kappa shape index (κ3) is 3.34. The first-order chi connectivity index (χ1) is 11.1. The second-order valence-electron chi connectivity index (χ2n) is 5.08. The molecule has 0 spiro atoms. The molecular weight excluding hydrogens is 342 g/mol. The van der Waals surface area contributed by atoms with Gasteiger partial charge in [0.05, 0.1) is 6.61 Å². The van der Waals surface area contributed by atoms with E-state index in [4.69, 9.17) is 27.9 Å². The number of rotatable bonds is 3. The molecule has 0 radical (unpaired) electrons. The highest BCUT2D eigenvalue weighted by Gasteiger charge is 2.26. The Morgan fingerprint density at radius 3 is 2.91 bits per heavy atom. The number of anilines is 2. The van der Waals surface area contributed by atoms with E-state index in [-0.39, 0.29) is 11.9 Å². The Morgan fingerprint density at radius 1 is 1.35 bits per heavy atom. The van der Waals surface area contributed by atoms with E-state index in [9.17, 15) is 4.39 Å². The third-order valence-electron chi connectivity index (χ3n) is 3.71. The topological polar surface area (TPSA) is 50.3 Å². The molecular formula is C15H15Cl2FN4O. The number of nitrogens with zero attached hydrogens (tertiary/aromatic N) is 3. The van der Waals surface area contributed by atoms with Crippen molar-refractivity contribution in [2.45, 2.75) is 6.10 Å². The van der Waals surface area contributed by atoms with Gasteiger partial charge in [0.2, 0.25) is 0 Å². The summed E-state index contributed by atoms with van der Waals surface area (Å²) in [5, 5.41) is 3.73. The van der Waals surface area contributed by atoms with Gasteiger partial charge in [-0.05, 0) is 12.1 Å². The first-order valence-electron chi connectivity index (χ1n) is 7.10. The van der Waals surface area contributed by atoms with E-state index in [0.717, 1.165) is 5.56 Å². The minimum atomic E-state index is -0.369. The van der Waals surface area contributed by atoms with Crippen molar-refractivity contribution in [2.24, 2.45) is 0 Å². The van der Waals surface area contributed by atoms with Crippen LogP contribution in [0.5, 0.6) is 0 Å². The highest BCUT2D eigenvalue weighted by molar-refractivity contribution is 6.32. The summed E-state index contributed by atoms with van der Waals surface area (Å²) in [5.41, 5.74) is 1.42. The van der Waals surface area contributed by atoms with Crippen LogP contribution in [-0.2, 0) is 4.74 Å². The molecule has 0 amide bonds. The predicted octanol–water partition coefficient (Wildman–Crippen LogP) is 3.54. The zero-order chi connectivity index (χ0) is 16.4. The normalized spacial score (nSPS) is 18.1. The molecule has 1 aliphatic rings. The summed E-state index contributed by atoms with van der Waals surface area (Å²) in [6.45, 7) is 1.70. The van der Waals surface area contributed by atoms with Crippen LogP contribution >= 0.6 is 23.2 Å². The number of hydrogen-bond donors (Lipinski definition) is 1. The van der Waals surface area contributed by atoms with Crippen molar-refractivity contribution in [3.63, 3.8) is 0 Å². The second kappa shape index (κ2) is 6.86. The lowest BCUT2D eigenvalue weighted by Gasteiger charge is -2.35. The fraction of sp³-hybridized carbons (Fsp3) is 0.333. The molecule has 1 aromatic carbocycles. The summed E-state index contributed by atoms with van der Waals surface area (Å²) >= 11 is 12.3. The molecule has 1 aromatic heterocycles. The minimum absolute atomic E-state index is 0.268. The first kappa shape index (κ1) is 16.2. The standard InChI is InChI=1S/C15H15Cl2FN4O/c1-19-13-14(17)20-8-21-15(13)22-4-5-23-12(7-22)10-3-2-9(18)6-11(10)16/h2-3,6,8,12,19H,4-5,7H2,1H3. The highest BCUT2D eigenvalue weighted by Crippen LogP contribution is 2.34. The van der Waals surface area contributed by atoms with Crippen molar-refractivity contribution in [1.82, 2.24) is 9.97 Å². The number of nitrogens with one attached hydrogen (secondary N) is 1. The fourth-order valence-corrected chi connectivity index (χ4v) is 3.11. The molecule has 23 heavy (non-hydrogen) atoms. The number of aromatic nitrogens is 2. The van der Waals surface area contributed by atoms with E-state index in [1.165, 1.54) is 18.5 Å². The van der Waals surface area contributed by atoms with Gasteiger partial charge in [0, 0.05) is 30.7 Å². The first-order valence-corrected chi connectivity index (χ1v) is 7.85. The molecule has 0 aliphatic carbocycles. The Morgan fingerprint density at radius 2 is 2.17 bits per heavy atom. The summed E-state index contributed by atoms with van der Waals surface area (Å²) in [5.74, 6) is 0.338. The number of benzene rings is 1. The maximum atomic E-state index is 13.2. The van der Waals surface area contributed by atoms with E-state index < -0.39 is 0 Å². The average molecular weight is 357 g/mol. The monoisotopic (exact) mass is 356 g/mol. The van der Waals surface area contributed by atoms with Gasteiger partial charge in [-0.15, -0.1) is 0 Å². The molecule has 122 valence electrons. The van der Waals surface area contributed by atoms with E-state index in [2.05, 4.69) is 15.3 Å². The van der Waals surface area contributed by atoms with Gasteiger partial charge in [0.15, 0.2) is 11.0 Å². The third-order valence-corrected chi connectivity index (χ3v) is 4.32. The molecule has 2 aromatic rings. The van der Waals surface area contributed by atoms with Crippen LogP contribution in [-0.4, -0.2) is 36.7 Å². The van der Waals surface area contributed by atoms with Crippen LogP contribution in [0.4, 0.5) is 15.9 Å². The van der Waals surface area contributed by atoms with Crippen LogP contribution in [0.2, 0.25) is 10.2 Å². The Labute approximate surface area is 143 Å². The van der Waals surface area contributed by atoms with Gasteiger partial charge in [0.1, 0.15) is 23.9 Å². The van der Waals surface area contributed by atoms with Crippen LogP contribution in [0.3, 0.4) is 0 Å². The van der Waals surface area contributed by atoms with Gasteiger partial charge in [-0.25, -0.2) is 14.4 Å². The molecule has 1 saturated heterocycles. The summed E-state index contributed by atoms with van der Waals surface area (Å²) in [4.78, 5) is 10.3. The Kier molecular flexibility index (Phi) is 4.84. The SMILES string of the molecule is CNc1c(Cl)ncnc1N1CCOC(c2ccc(F)cc2Cl)C1. The average Bonchev–Trinajstić information content (AvgIpc) is 2.54. The second-order valence-corrected chi connectivity index (χ2v) is 5.85. The van der Waals surface area contributed by atoms with Crippen LogP contribution in [0, 0.1) is 5.82 Å². The largest absolute Gasteiger partial charge is 0.383 e. The summed E-state index contributed by atoms with van der Waals surface area (Å²) in [6.07, 6.45) is 1.16. The van der Waals surface area contributed by atoms with Crippen molar-refractivity contribution < 1.29 is 9.13 Å². The zero-order valence-electron chi connectivity index (χ0n) is 12.4. The number of hydrogen-bond acceptors (Lipinski definition) is 5. The van der Waals surface area contributed by atoms with Crippen LogP contribution in [0.1, 0.15) is 11.7 Å². The van der Waals surface area contributed by atoms with Gasteiger partial charge in [-0.2, -0.15) is 0 Å². The summed E-state index contributed by atoms with van der Waals surface area (Å²) in [6, 6.07) is 4.32. The highest BCUT2D eigenvalue weighted by atomic mass is 35.5. The van der Waals surface area contributed by atoms with E-state index in [0.29, 0.717) is 41.4 Å². The van der Waals surface area contributed by atoms with Crippen molar-refractivity contribution in [3.05, 3.63) is 46.1 Å². The molecule has 8 heteroatoms. The maximum Gasteiger partial charge on any atom is 0.157 e. The number of ether oxygens (including phenoxy) is 1. The lowest BCUT2D eigenvalue weighted by molar-refractivity contribution is 0.0396. The van der Waals surface area contributed by atoms with Crippen molar-refractivity contribution in [3.8, 4) is 0 Å².